The molecule has 7 nitrogen and oxygen atoms in total. The van der Waals surface area contributed by atoms with Gasteiger partial charge in [-0.15, -0.1) is 0 Å². The first-order valence-electron chi connectivity index (χ1n) is 9.76. The van der Waals surface area contributed by atoms with Crippen molar-refractivity contribution in [2.75, 3.05) is 11.9 Å². The predicted octanol–water partition coefficient (Wildman–Crippen LogP) is 3.37. The van der Waals surface area contributed by atoms with Gasteiger partial charge in [0.1, 0.15) is 5.82 Å². The molecule has 8 heteroatoms. The van der Waals surface area contributed by atoms with Crippen molar-refractivity contribution in [1.82, 2.24) is 10.2 Å². The van der Waals surface area contributed by atoms with Crippen molar-refractivity contribution in [3.8, 4) is 0 Å². The van der Waals surface area contributed by atoms with E-state index in [1.54, 1.807) is 36.4 Å². The number of hydrogen-bond donors (Lipinski definition) is 2. The molecule has 0 aliphatic carbocycles. The number of nitrogens with zero attached hydrogens (tertiary/aromatic N) is 1. The lowest BCUT2D eigenvalue weighted by molar-refractivity contribution is -0.126. The summed E-state index contributed by atoms with van der Waals surface area (Å²) in [5, 5.41) is 5.51. The third-order valence-electron chi connectivity index (χ3n) is 4.70. The summed E-state index contributed by atoms with van der Waals surface area (Å²) in [4.78, 5) is 38.3. The molecule has 3 amide bonds. The molecule has 0 spiro atoms. The molecule has 0 saturated carbocycles. The highest BCUT2D eigenvalue weighted by molar-refractivity contribution is 5.90. The van der Waals surface area contributed by atoms with E-state index in [-0.39, 0.29) is 24.2 Å². The van der Waals surface area contributed by atoms with E-state index in [2.05, 4.69) is 10.6 Å². The van der Waals surface area contributed by atoms with Gasteiger partial charge in [-0.25, -0.2) is 9.18 Å². The summed E-state index contributed by atoms with van der Waals surface area (Å²) in [5.41, 5.74) is 1.81. The van der Waals surface area contributed by atoms with Gasteiger partial charge in [-0.2, -0.15) is 0 Å². The Morgan fingerprint density at radius 2 is 1.90 bits per heavy atom. The van der Waals surface area contributed by atoms with E-state index in [0.29, 0.717) is 23.4 Å². The maximum atomic E-state index is 13.2. The molecule has 3 rings (SSSR count). The van der Waals surface area contributed by atoms with Gasteiger partial charge in [0.15, 0.2) is 12.1 Å². The summed E-state index contributed by atoms with van der Waals surface area (Å²) in [7, 11) is 0. The zero-order chi connectivity index (χ0) is 21.7. The van der Waals surface area contributed by atoms with Gasteiger partial charge in [0.05, 0.1) is 6.54 Å². The molecule has 0 aromatic heterocycles. The Labute approximate surface area is 174 Å². The number of halogens is 1. The minimum absolute atomic E-state index is 0.102. The summed E-state index contributed by atoms with van der Waals surface area (Å²) < 4.78 is 18.8. The number of benzene rings is 2. The predicted molar refractivity (Wildman–Crippen MR) is 109 cm³/mol. The van der Waals surface area contributed by atoms with Crippen molar-refractivity contribution in [3.63, 3.8) is 0 Å². The second-order valence-corrected chi connectivity index (χ2v) is 7.10. The number of cyclic esters (lactones) is 1. The average molecular weight is 413 g/mol. The van der Waals surface area contributed by atoms with Gasteiger partial charge >= 0.3 is 6.09 Å². The van der Waals surface area contributed by atoms with Crippen LogP contribution in [0, 0.1) is 5.82 Å². The van der Waals surface area contributed by atoms with Gasteiger partial charge in [0, 0.05) is 19.2 Å². The topological polar surface area (TPSA) is 87.7 Å². The van der Waals surface area contributed by atoms with E-state index in [1.165, 1.54) is 24.0 Å². The van der Waals surface area contributed by atoms with Crippen LogP contribution in [0.1, 0.15) is 37.5 Å². The van der Waals surface area contributed by atoms with Crippen LogP contribution in [0.3, 0.4) is 0 Å². The van der Waals surface area contributed by atoms with Crippen LogP contribution in [-0.2, 0) is 20.9 Å². The maximum absolute atomic E-state index is 13.2. The Hall–Kier alpha value is -3.42. The number of anilines is 1. The van der Waals surface area contributed by atoms with Crippen LogP contribution in [0.5, 0.6) is 0 Å². The Bertz CT molecular complexity index is 932. The fourth-order valence-electron chi connectivity index (χ4n) is 3.35. The van der Waals surface area contributed by atoms with Crippen LogP contribution in [0.15, 0.2) is 48.5 Å². The van der Waals surface area contributed by atoms with Crippen molar-refractivity contribution in [2.45, 2.75) is 39.0 Å². The molecule has 1 aliphatic heterocycles. The van der Waals surface area contributed by atoms with Gasteiger partial charge in [-0.3, -0.25) is 14.5 Å². The SMILES string of the molecule is CCCNC(=O)C1C(c2cccc(NC(C)=O)c2)OC(=O)N1Cc1ccc(F)cc1. The number of ether oxygens (including phenoxy) is 1. The number of carbonyl (C=O) groups excluding carboxylic acids is 3. The highest BCUT2D eigenvalue weighted by Crippen LogP contribution is 2.35. The van der Waals surface area contributed by atoms with E-state index in [1.807, 2.05) is 6.92 Å². The second kappa shape index (κ2) is 9.39. The third-order valence-corrected chi connectivity index (χ3v) is 4.70. The summed E-state index contributed by atoms with van der Waals surface area (Å²) in [5.74, 6) is -0.946. The molecule has 2 unspecified atom stereocenters. The molecule has 2 aromatic rings. The van der Waals surface area contributed by atoms with Gasteiger partial charge in [-0.1, -0.05) is 31.2 Å². The smallest absolute Gasteiger partial charge is 0.411 e. The van der Waals surface area contributed by atoms with Crippen LogP contribution >= 0.6 is 0 Å². The summed E-state index contributed by atoms with van der Waals surface area (Å²) in [6.45, 7) is 3.90. The summed E-state index contributed by atoms with van der Waals surface area (Å²) in [6.07, 6.45) is -0.733. The fraction of sp³-hybridized carbons (Fsp3) is 0.318. The zero-order valence-electron chi connectivity index (χ0n) is 16.9. The first-order valence-corrected chi connectivity index (χ1v) is 9.76. The molecular formula is C22H24FN3O4. The van der Waals surface area contributed by atoms with E-state index in [0.717, 1.165) is 6.42 Å². The number of hydrogen-bond acceptors (Lipinski definition) is 4. The lowest BCUT2D eigenvalue weighted by atomic mass is 10.00. The molecule has 1 heterocycles. The van der Waals surface area contributed by atoms with E-state index in [9.17, 15) is 18.8 Å². The number of amides is 3. The van der Waals surface area contributed by atoms with Crippen LogP contribution < -0.4 is 10.6 Å². The van der Waals surface area contributed by atoms with Crippen molar-refractivity contribution in [1.29, 1.82) is 0 Å². The molecule has 1 fully saturated rings. The quantitative estimate of drug-likeness (QED) is 0.729. The first kappa shape index (κ1) is 21.3. The van der Waals surface area contributed by atoms with Gasteiger partial charge in [-0.05, 0) is 41.8 Å². The van der Waals surface area contributed by atoms with E-state index >= 15 is 0 Å². The molecule has 2 atom stereocenters. The van der Waals surface area contributed by atoms with E-state index < -0.39 is 18.2 Å². The maximum Gasteiger partial charge on any atom is 0.411 e. The van der Waals surface area contributed by atoms with Crippen LogP contribution in [0.4, 0.5) is 14.9 Å². The zero-order valence-corrected chi connectivity index (χ0v) is 16.9. The lowest BCUT2D eigenvalue weighted by Gasteiger charge is -2.24. The minimum atomic E-state index is -0.901. The van der Waals surface area contributed by atoms with Gasteiger partial charge < -0.3 is 15.4 Å². The average Bonchev–Trinajstić information content (AvgIpc) is 3.04. The minimum Gasteiger partial charge on any atom is -0.438 e. The van der Waals surface area contributed by atoms with Gasteiger partial charge in [0.25, 0.3) is 0 Å². The highest BCUT2D eigenvalue weighted by Gasteiger charge is 2.46. The first-order chi connectivity index (χ1) is 14.4. The van der Waals surface area contributed by atoms with Gasteiger partial charge in [0.2, 0.25) is 11.8 Å². The normalized spacial score (nSPS) is 18.1. The third kappa shape index (κ3) is 4.94. The van der Waals surface area contributed by atoms with Crippen molar-refractivity contribution < 1.29 is 23.5 Å². The summed E-state index contributed by atoms with van der Waals surface area (Å²) >= 11 is 0. The molecule has 158 valence electrons. The number of rotatable bonds is 7. The van der Waals surface area contributed by atoms with Crippen LogP contribution in [0.2, 0.25) is 0 Å². The standard InChI is InChI=1S/C22H24FN3O4/c1-3-11-24-21(28)19-20(16-5-4-6-18(12-16)25-14(2)27)30-22(29)26(19)13-15-7-9-17(23)10-8-15/h4-10,12,19-20H,3,11,13H2,1-2H3,(H,24,28)(H,25,27). The Balaban J connectivity index is 1.91. The van der Waals surface area contributed by atoms with Crippen LogP contribution in [-0.4, -0.2) is 35.4 Å². The Kier molecular flexibility index (Phi) is 6.66. The van der Waals surface area contributed by atoms with Crippen molar-refractivity contribution in [3.05, 3.63) is 65.5 Å². The Morgan fingerprint density at radius 3 is 2.57 bits per heavy atom. The Morgan fingerprint density at radius 1 is 1.17 bits per heavy atom. The molecule has 1 aliphatic rings. The molecule has 0 radical (unpaired) electrons. The molecule has 30 heavy (non-hydrogen) atoms. The fourth-order valence-corrected chi connectivity index (χ4v) is 3.35. The molecule has 1 saturated heterocycles. The molecule has 0 bridgehead atoms. The lowest BCUT2D eigenvalue weighted by Crippen LogP contribution is -2.46. The number of nitrogens with one attached hydrogen (secondary N) is 2. The van der Waals surface area contributed by atoms with E-state index in [4.69, 9.17) is 4.74 Å². The van der Waals surface area contributed by atoms with Crippen molar-refractivity contribution >= 4 is 23.6 Å². The van der Waals surface area contributed by atoms with Crippen molar-refractivity contribution in [2.24, 2.45) is 0 Å². The molecule has 2 N–H and O–H groups in total. The molecule has 2 aromatic carbocycles. The second-order valence-electron chi connectivity index (χ2n) is 7.10. The number of carbonyl (C=O) groups is 3. The van der Waals surface area contributed by atoms with Crippen LogP contribution in [0.25, 0.3) is 0 Å². The highest BCUT2D eigenvalue weighted by atomic mass is 19.1. The largest absolute Gasteiger partial charge is 0.438 e. The molecular weight excluding hydrogens is 389 g/mol. The monoisotopic (exact) mass is 413 g/mol. The summed E-state index contributed by atoms with van der Waals surface area (Å²) in [6, 6.07) is 11.7.